The summed E-state index contributed by atoms with van der Waals surface area (Å²) in [6.07, 6.45) is 2.51. The lowest BCUT2D eigenvalue weighted by Crippen LogP contribution is -2.45. The van der Waals surface area contributed by atoms with Crippen molar-refractivity contribution in [3.8, 4) is 0 Å². The Labute approximate surface area is 128 Å². The van der Waals surface area contributed by atoms with Crippen LogP contribution in [0.15, 0.2) is 0 Å². The van der Waals surface area contributed by atoms with Crippen LogP contribution in [0.25, 0.3) is 0 Å². The average Bonchev–Trinajstić information content (AvgIpc) is 3.17. The van der Waals surface area contributed by atoms with Gasteiger partial charge >= 0.3 is 5.97 Å². The van der Waals surface area contributed by atoms with Gasteiger partial charge in [0.2, 0.25) is 5.91 Å². The lowest BCUT2D eigenvalue weighted by atomic mass is 9.80. The lowest BCUT2D eigenvalue weighted by molar-refractivity contribution is -0.160. The van der Waals surface area contributed by atoms with Crippen LogP contribution in [-0.2, 0) is 19.1 Å². The topological polar surface area (TPSA) is 55.8 Å². The molecule has 1 aliphatic rings. The van der Waals surface area contributed by atoms with Crippen molar-refractivity contribution < 1.29 is 19.1 Å². The predicted molar refractivity (Wildman–Crippen MR) is 80.8 cm³/mol. The third kappa shape index (κ3) is 6.04. The standard InChI is InChI=1S/C16H29NO4/c1-6-21-15(19)13(16(2,3)4)14(18)17(5)9-10-20-11-12-7-8-12/h12-13H,6-11H2,1-5H3. The molecule has 1 aliphatic carbocycles. The molecule has 0 bridgehead atoms. The fourth-order valence-electron chi connectivity index (χ4n) is 2.12. The molecule has 0 aromatic rings. The Bertz CT molecular complexity index is 358. The van der Waals surface area contributed by atoms with Gasteiger partial charge in [-0.2, -0.15) is 0 Å². The predicted octanol–water partition coefficient (Wildman–Crippen LogP) is 2.10. The number of carbonyl (C=O) groups is 2. The number of amides is 1. The SMILES string of the molecule is CCOC(=O)C(C(=O)N(C)CCOCC1CC1)C(C)(C)C. The van der Waals surface area contributed by atoms with E-state index in [0.717, 1.165) is 6.61 Å². The number of hydrogen-bond donors (Lipinski definition) is 0. The summed E-state index contributed by atoms with van der Waals surface area (Å²) in [6.45, 7) is 9.46. The molecule has 1 rings (SSSR count). The number of carbonyl (C=O) groups excluding carboxylic acids is 2. The maximum atomic E-state index is 12.5. The molecule has 0 aliphatic heterocycles. The minimum atomic E-state index is -0.772. The minimum Gasteiger partial charge on any atom is -0.465 e. The molecule has 1 amide bonds. The Balaban J connectivity index is 2.50. The summed E-state index contributed by atoms with van der Waals surface area (Å²) in [4.78, 5) is 26.1. The summed E-state index contributed by atoms with van der Waals surface area (Å²) in [7, 11) is 1.71. The zero-order valence-electron chi connectivity index (χ0n) is 14.0. The van der Waals surface area contributed by atoms with Crippen molar-refractivity contribution in [2.24, 2.45) is 17.3 Å². The van der Waals surface area contributed by atoms with Crippen LogP contribution in [0.2, 0.25) is 0 Å². The van der Waals surface area contributed by atoms with Crippen LogP contribution in [0, 0.1) is 17.3 Å². The van der Waals surface area contributed by atoms with E-state index in [4.69, 9.17) is 9.47 Å². The van der Waals surface area contributed by atoms with Gasteiger partial charge in [0.25, 0.3) is 0 Å². The summed E-state index contributed by atoms with van der Waals surface area (Å²) in [5, 5.41) is 0. The van der Waals surface area contributed by atoms with E-state index in [-0.39, 0.29) is 12.5 Å². The Morgan fingerprint density at radius 3 is 2.38 bits per heavy atom. The fraction of sp³-hybridized carbons (Fsp3) is 0.875. The summed E-state index contributed by atoms with van der Waals surface area (Å²) >= 11 is 0. The molecular weight excluding hydrogens is 270 g/mol. The zero-order valence-corrected chi connectivity index (χ0v) is 14.0. The first-order valence-electron chi connectivity index (χ1n) is 7.76. The van der Waals surface area contributed by atoms with Gasteiger partial charge in [-0.3, -0.25) is 9.59 Å². The van der Waals surface area contributed by atoms with Crippen LogP contribution in [-0.4, -0.2) is 50.2 Å². The van der Waals surface area contributed by atoms with E-state index in [1.54, 1.807) is 18.9 Å². The molecule has 122 valence electrons. The molecule has 0 radical (unpaired) electrons. The molecule has 1 atom stereocenters. The Kier molecular flexibility index (Phi) is 6.65. The van der Waals surface area contributed by atoms with Gasteiger partial charge < -0.3 is 14.4 Å². The normalized spacial score (nSPS) is 16.4. The monoisotopic (exact) mass is 299 g/mol. The van der Waals surface area contributed by atoms with E-state index in [1.165, 1.54) is 12.8 Å². The molecule has 1 fully saturated rings. The van der Waals surface area contributed by atoms with Crippen LogP contribution < -0.4 is 0 Å². The summed E-state index contributed by atoms with van der Waals surface area (Å²) in [6, 6.07) is 0. The molecule has 5 heteroatoms. The molecule has 21 heavy (non-hydrogen) atoms. The van der Waals surface area contributed by atoms with Gasteiger partial charge in [0.1, 0.15) is 5.92 Å². The number of ether oxygens (including phenoxy) is 2. The van der Waals surface area contributed by atoms with E-state index in [0.29, 0.717) is 19.1 Å². The summed E-state index contributed by atoms with van der Waals surface area (Å²) in [5.74, 6) is -0.699. The first kappa shape index (κ1) is 18.0. The molecule has 0 heterocycles. The minimum absolute atomic E-state index is 0.198. The third-order valence-electron chi connectivity index (χ3n) is 3.63. The van der Waals surface area contributed by atoms with Crippen molar-refractivity contribution in [1.82, 2.24) is 4.90 Å². The lowest BCUT2D eigenvalue weighted by Gasteiger charge is -2.31. The second-order valence-corrected chi connectivity index (χ2v) is 6.83. The quantitative estimate of drug-likeness (QED) is 0.391. The highest BCUT2D eigenvalue weighted by Gasteiger charge is 2.40. The Morgan fingerprint density at radius 1 is 1.29 bits per heavy atom. The van der Waals surface area contributed by atoms with Crippen molar-refractivity contribution in [3.63, 3.8) is 0 Å². The van der Waals surface area contributed by atoms with Gasteiger partial charge in [0.15, 0.2) is 0 Å². The maximum absolute atomic E-state index is 12.5. The van der Waals surface area contributed by atoms with Gasteiger partial charge in [0.05, 0.1) is 13.2 Å². The number of likely N-dealkylation sites (N-methyl/N-ethyl adjacent to an activating group) is 1. The molecule has 1 unspecified atom stereocenters. The van der Waals surface area contributed by atoms with Gasteiger partial charge in [-0.05, 0) is 31.1 Å². The van der Waals surface area contributed by atoms with Crippen molar-refractivity contribution in [2.75, 3.05) is 33.4 Å². The first-order valence-corrected chi connectivity index (χ1v) is 7.76. The van der Waals surface area contributed by atoms with Crippen molar-refractivity contribution in [2.45, 2.75) is 40.5 Å². The maximum Gasteiger partial charge on any atom is 0.319 e. The van der Waals surface area contributed by atoms with Crippen LogP contribution in [0.1, 0.15) is 40.5 Å². The molecule has 1 saturated carbocycles. The largest absolute Gasteiger partial charge is 0.465 e. The van der Waals surface area contributed by atoms with E-state index < -0.39 is 17.3 Å². The van der Waals surface area contributed by atoms with Crippen LogP contribution in [0.4, 0.5) is 0 Å². The van der Waals surface area contributed by atoms with Crippen LogP contribution in [0.3, 0.4) is 0 Å². The zero-order chi connectivity index (χ0) is 16.0. The van der Waals surface area contributed by atoms with Crippen molar-refractivity contribution in [1.29, 1.82) is 0 Å². The van der Waals surface area contributed by atoms with E-state index in [9.17, 15) is 9.59 Å². The highest BCUT2D eigenvalue weighted by molar-refractivity contribution is 5.98. The molecule has 0 aromatic heterocycles. The number of nitrogens with zero attached hydrogens (tertiary/aromatic N) is 1. The molecule has 0 saturated heterocycles. The highest BCUT2D eigenvalue weighted by Crippen LogP contribution is 2.29. The number of hydrogen-bond acceptors (Lipinski definition) is 4. The smallest absolute Gasteiger partial charge is 0.319 e. The Morgan fingerprint density at radius 2 is 1.90 bits per heavy atom. The molecule has 0 spiro atoms. The van der Waals surface area contributed by atoms with Gasteiger partial charge in [-0.1, -0.05) is 20.8 Å². The van der Waals surface area contributed by atoms with Crippen LogP contribution >= 0.6 is 0 Å². The van der Waals surface area contributed by atoms with E-state index in [2.05, 4.69) is 0 Å². The second kappa shape index (κ2) is 7.78. The Hall–Kier alpha value is -1.10. The molecule has 0 N–H and O–H groups in total. The van der Waals surface area contributed by atoms with Gasteiger partial charge in [0, 0.05) is 20.2 Å². The van der Waals surface area contributed by atoms with Gasteiger partial charge in [-0.15, -0.1) is 0 Å². The van der Waals surface area contributed by atoms with E-state index >= 15 is 0 Å². The second-order valence-electron chi connectivity index (χ2n) is 6.83. The average molecular weight is 299 g/mol. The van der Waals surface area contributed by atoms with Crippen molar-refractivity contribution in [3.05, 3.63) is 0 Å². The van der Waals surface area contributed by atoms with E-state index in [1.807, 2.05) is 20.8 Å². The molecule has 0 aromatic carbocycles. The first-order chi connectivity index (χ1) is 9.77. The fourth-order valence-corrected chi connectivity index (χ4v) is 2.12. The summed E-state index contributed by atoms with van der Waals surface area (Å²) < 4.78 is 10.6. The van der Waals surface area contributed by atoms with Crippen LogP contribution in [0.5, 0.6) is 0 Å². The van der Waals surface area contributed by atoms with Gasteiger partial charge in [-0.25, -0.2) is 0 Å². The number of esters is 1. The summed E-state index contributed by atoms with van der Waals surface area (Å²) in [5.41, 5.74) is -0.466. The number of rotatable bonds is 8. The molecule has 5 nitrogen and oxygen atoms in total. The van der Waals surface area contributed by atoms with Crippen molar-refractivity contribution >= 4 is 11.9 Å². The highest BCUT2D eigenvalue weighted by atomic mass is 16.5. The molecular formula is C16H29NO4. The third-order valence-corrected chi connectivity index (χ3v) is 3.63.